The maximum atomic E-state index is 11.9. The minimum atomic E-state index is -4.11. The van der Waals surface area contributed by atoms with Crippen molar-refractivity contribution in [2.45, 2.75) is 23.6 Å². The molecule has 0 aliphatic rings. The lowest BCUT2D eigenvalue weighted by atomic mass is 10.2. The molecule has 1 aromatic rings. The van der Waals surface area contributed by atoms with Crippen molar-refractivity contribution in [2.75, 3.05) is 0 Å². The van der Waals surface area contributed by atoms with Crippen molar-refractivity contribution in [3.8, 4) is 0 Å². The van der Waals surface area contributed by atoms with Crippen LogP contribution in [0.15, 0.2) is 10.3 Å². The van der Waals surface area contributed by atoms with Gasteiger partial charge >= 0.3 is 11.9 Å². The van der Waals surface area contributed by atoms with Gasteiger partial charge in [0.1, 0.15) is 10.3 Å². The molecule has 1 heterocycles. The van der Waals surface area contributed by atoms with Crippen LogP contribution in [0.4, 0.5) is 0 Å². The van der Waals surface area contributed by atoms with Crippen molar-refractivity contribution in [3.63, 3.8) is 0 Å². The molecule has 0 radical (unpaired) electrons. The highest BCUT2D eigenvalue weighted by molar-refractivity contribution is 7.91. The lowest BCUT2D eigenvalue weighted by molar-refractivity contribution is -0.145. The van der Waals surface area contributed by atoms with E-state index in [-0.39, 0.29) is 8.55 Å². The zero-order valence-corrected chi connectivity index (χ0v) is 12.0. The van der Waals surface area contributed by atoms with Gasteiger partial charge in [0.2, 0.25) is 0 Å². The molecule has 0 aliphatic carbocycles. The lowest BCUT2D eigenvalue weighted by Gasteiger charge is -2.11. The van der Waals surface area contributed by atoms with Gasteiger partial charge in [-0.15, -0.1) is 11.3 Å². The quantitative estimate of drug-likeness (QED) is 0.714. The van der Waals surface area contributed by atoms with E-state index in [4.69, 9.17) is 21.8 Å². The van der Waals surface area contributed by atoms with E-state index >= 15 is 0 Å². The summed E-state index contributed by atoms with van der Waals surface area (Å²) in [6, 6.07) is -0.446. The molecule has 0 amide bonds. The molecule has 19 heavy (non-hydrogen) atoms. The van der Waals surface area contributed by atoms with Crippen molar-refractivity contribution >= 4 is 44.9 Å². The molecule has 0 aromatic carbocycles. The molecule has 0 bridgehead atoms. The van der Waals surface area contributed by atoms with Crippen LogP contribution >= 0.6 is 22.9 Å². The zero-order valence-electron chi connectivity index (χ0n) is 9.58. The first-order valence-electron chi connectivity index (χ1n) is 4.86. The van der Waals surface area contributed by atoms with Gasteiger partial charge in [-0.25, -0.2) is 8.42 Å². The number of thiophene rings is 1. The second-order valence-corrected chi connectivity index (χ2v) is 7.23. The van der Waals surface area contributed by atoms with E-state index < -0.39 is 34.4 Å². The van der Waals surface area contributed by atoms with Gasteiger partial charge < -0.3 is 10.2 Å². The van der Waals surface area contributed by atoms with Gasteiger partial charge in [-0.2, -0.15) is 4.72 Å². The first-order valence-corrected chi connectivity index (χ1v) is 7.54. The molecular weight excluding hydrogens is 318 g/mol. The van der Waals surface area contributed by atoms with Gasteiger partial charge in [-0.05, 0) is 18.6 Å². The minimum Gasteiger partial charge on any atom is -0.481 e. The summed E-state index contributed by atoms with van der Waals surface area (Å²) in [4.78, 5) is 21.3. The summed E-state index contributed by atoms with van der Waals surface area (Å²) in [6.07, 6.45) is -0.855. The first-order chi connectivity index (χ1) is 8.63. The van der Waals surface area contributed by atoms with Crippen LogP contribution in [0.5, 0.6) is 0 Å². The Morgan fingerprint density at radius 2 is 2.05 bits per heavy atom. The van der Waals surface area contributed by atoms with Crippen LogP contribution in [0.1, 0.15) is 12.0 Å². The second-order valence-electron chi connectivity index (χ2n) is 3.63. The number of aliphatic carboxylic acids is 2. The molecule has 0 fully saturated rings. The Bertz CT molecular complexity index is 589. The number of rotatable bonds is 6. The summed E-state index contributed by atoms with van der Waals surface area (Å²) >= 11 is 6.50. The van der Waals surface area contributed by atoms with Gasteiger partial charge in [0.25, 0.3) is 10.0 Å². The SMILES string of the molecule is Cc1cc(S(=O)(=O)N[C@@H](CC(=O)O)C(=O)O)sc1Cl. The van der Waals surface area contributed by atoms with Crippen LogP contribution in [0.2, 0.25) is 4.34 Å². The van der Waals surface area contributed by atoms with Crippen LogP contribution in [-0.2, 0) is 19.6 Å². The first kappa shape index (κ1) is 15.9. The third-order valence-electron chi connectivity index (χ3n) is 2.07. The molecule has 10 heteroatoms. The minimum absolute atomic E-state index is 0.161. The van der Waals surface area contributed by atoms with Gasteiger partial charge in [0.15, 0.2) is 0 Å². The molecular formula is C9H10ClNO6S2. The Kier molecular flexibility index (Phi) is 4.91. The maximum Gasteiger partial charge on any atom is 0.322 e. The van der Waals surface area contributed by atoms with Gasteiger partial charge in [0, 0.05) is 0 Å². The predicted octanol–water partition coefficient (Wildman–Crippen LogP) is 0.916. The molecule has 0 aliphatic heterocycles. The number of carboxylic acids is 2. The molecule has 106 valence electrons. The fraction of sp³-hybridized carbons (Fsp3) is 0.333. The lowest BCUT2D eigenvalue weighted by Crippen LogP contribution is -2.41. The number of carboxylic acid groups (broad SMARTS) is 2. The smallest absolute Gasteiger partial charge is 0.322 e. The highest BCUT2D eigenvalue weighted by Crippen LogP contribution is 2.30. The van der Waals surface area contributed by atoms with E-state index in [2.05, 4.69) is 0 Å². The van der Waals surface area contributed by atoms with Gasteiger partial charge in [-0.3, -0.25) is 9.59 Å². The summed E-state index contributed by atoms with van der Waals surface area (Å²) < 4.78 is 25.7. The molecule has 0 spiro atoms. The summed E-state index contributed by atoms with van der Waals surface area (Å²) in [5.41, 5.74) is 0.539. The number of hydrogen-bond donors (Lipinski definition) is 3. The van der Waals surface area contributed by atoms with E-state index in [1.807, 2.05) is 4.72 Å². The number of sulfonamides is 1. The van der Waals surface area contributed by atoms with E-state index in [0.717, 1.165) is 11.3 Å². The van der Waals surface area contributed by atoms with Crippen molar-refractivity contribution in [1.82, 2.24) is 4.72 Å². The van der Waals surface area contributed by atoms with E-state index in [1.54, 1.807) is 6.92 Å². The highest BCUT2D eigenvalue weighted by Gasteiger charge is 2.28. The van der Waals surface area contributed by atoms with Crippen molar-refractivity contribution in [3.05, 3.63) is 16.0 Å². The number of hydrogen-bond acceptors (Lipinski definition) is 5. The average Bonchev–Trinajstić information content (AvgIpc) is 2.58. The Morgan fingerprint density at radius 3 is 2.42 bits per heavy atom. The molecule has 1 rings (SSSR count). The number of aryl methyl sites for hydroxylation is 1. The highest BCUT2D eigenvalue weighted by atomic mass is 35.5. The number of halogens is 1. The summed E-state index contributed by atoms with van der Waals surface area (Å²) in [5.74, 6) is -2.99. The summed E-state index contributed by atoms with van der Waals surface area (Å²) in [5, 5.41) is 17.3. The number of nitrogens with one attached hydrogen (secondary N) is 1. The standard InChI is InChI=1S/C9H10ClNO6S2/c1-4-2-7(18-8(4)10)19(16,17)11-5(9(14)15)3-6(12)13/h2,5,11H,3H2,1H3,(H,12,13)(H,14,15)/t5-/m0/s1. The fourth-order valence-corrected chi connectivity index (χ4v) is 4.08. The summed E-state index contributed by atoms with van der Waals surface area (Å²) in [7, 11) is -4.11. The van der Waals surface area contributed by atoms with Crippen LogP contribution in [-0.4, -0.2) is 36.6 Å². The Morgan fingerprint density at radius 1 is 1.47 bits per heavy atom. The van der Waals surface area contributed by atoms with E-state index in [0.29, 0.717) is 5.56 Å². The Hall–Kier alpha value is -1.16. The third-order valence-corrected chi connectivity index (χ3v) is 5.57. The molecule has 7 nitrogen and oxygen atoms in total. The van der Waals surface area contributed by atoms with Gasteiger partial charge in [-0.1, -0.05) is 11.6 Å². The van der Waals surface area contributed by atoms with E-state index in [1.165, 1.54) is 6.07 Å². The predicted molar refractivity (Wildman–Crippen MR) is 68.1 cm³/mol. The maximum absolute atomic E-state index is 11.9. The van der Waals surface area contributed by atoms with Crippen molar-refractivity contribution in [1.29, 1.82) is 0 Å². The largest absolute Gasteiger partial charge is 0.481 e. The topological polar surface area (TPSA) is 121 Å². The van der Waals surface area contributed by atoms with Crippen molar-refractivity contribution < 1.29 is 28.2 Å². The van der Waals surface area contributed by atoms with E-state index in [9.17, 15) is 18.0 Å². The molecule has 1 aromatic heterocycles. The molecule has 0 saturated heterocycles. The monoisotopic (exact) mass is 327 g/mol. The Labute approximate surface area is 117 Å². The van der Waals surface area contributed by atoms with Gasteiger partial charge in [0.05, 0.1) is 10.8 Å². The Balaban J connectivity index is 3.00. The average molecular weight is 328 g/mol. The molecule has 3 N–H and O–H groups in total. The van der Waals surface area contributed by atoms with Crippen LogP contribution < -0.4 is 4.72 Å². The molecule has 0 unspecified atom stereocenters. The van der Waals surface area contributed by atoms with Crippen LogP contribution in [0.25, 0.3) is 0 Å². The summed E-state index contributed by atoms with van der Waals surface area (Å²) in [6.45, 7) is 1.60. The fourth-order valence-electron chi connectivity index (χ4n) is 1.16. The second kappa shape index (κ2) is 5.87. The zero-order chi connectivity index (χ0) is 14.8. The molecule has 0 saturated carbocycles. The van der Waals surface area contributed by atoms with Crippen molar-refractivity contribution in [2.24, 2.45) is 0 Å². The molecule has 1 atom stereocenters. The van der Waals surface area contributed by atoms with Crippen LogP contribution in [0.3, 0.4) is 0 Å². The van der Waals surface area contributed by atoms with Crippen LogP contribution in [0, 0.1) is 6.92 Å². The third kappa shape index (κ3) is 4.16. The normalized spacial score (nSPS) is 13.2. The number of carbonyl (C=O) groups is 2.